The zero-order chi connectivity index (χ0) is 20.9. The number of rotatable bonds is 4. The van der Waals surface area contributed by atoms with Crippen LogP contribution < -0.4 is 0 Å². The van der Waals surface area contributed by atoms with E-state index in [0.29, 0.717) is 36.5 Å². The van der Waals surface area contributed by atoms with E-state index in [9.17, 15) is 9.59 Å². The monoisotopic (exact) mass is 426 g/mol. The van der Waals surface area contributed by atoms with E-state index in [1.165, 1.54) is 5.56 Å². The number of nitrogens with zero attached hydrogens (tertiary/aromatic N) is 4. The maximum Gasteiger partial charge on any atom is 0.320 e. The van der Waals surface area contributed by atoms with Crippen LogP contribution in [-0.2, 0) is 6.54 Å². The minimum Gasteiger partial charge on any atom is -0.325 e. The highest BCUT2D eigenvalue weighted by Crippen LogP contribution is 2.24. The molecule has 0 bridgehead atoms. The molecule has 0 atom stereocenters. The molecule has 4 rings (SSSR count). The number of hydrogen-bond acceptors (Lipinski definition) is 4. The minimum atomic E-state index is -0.0217. The molecule has 0 radical (unpaired) electrons. The van der Waals surface area contributed by atoms with Crippen LogP contribution in [0.25, 0.3) is 0 Å². The predicted molar refractivity (Wildman–Crippen MR) is 117 cm³/mol. The summed E-state index contributed by atoms with van der Waals surface area (Å²) in [7, 11) is 0. The first-order chi connectivity index (χ1) is 14.6. The Morgan fingerprint density at radius 1 is 0.933 bits per heavy atom. The summed E-state index contributed by atoms with van der Waals surface area (Å²) in [5, 5.41) is 0.632. The number of aromatic nitrogens is 1. The highest BCUT2D eigenvalue weighted by atomic mass is 35.5. The van der Waals surface area contributed by atoms with E-state index in [-0.39, 0.29) is 17.7 Å². The Bertz CT molecular complexity index is 859. The summed E-state index contributed by atoms with van der Waals surface area (Å²) in [6.45, 7) is 5.36. The van der Waals surface area contributed by atoms with Gasteiger partial charge < -0.3 is 9.80 Å². The van der Waals surface area contributed by atoms with Gasteiger partial charge in [-0.2, -0.15) is 0 Å². The summed E-state index contributed by atoms with van der Waals surface area (Å²) in [4.78, 5) is 36.0. The molecule has 0 spiro atoms. The van der Waals surface area contributed by atoms with Crippen LogP contribution in [0.5, 0.6) is 0 Å². The first-order valence-electron chi connectivity index (χ1n) is 10.5. The van der Waals surface area contributed by atoms with Crippen molar-refractivity contribution in [3.63, 3.8) is 0 Å². The van der Waals surface area contributed by atoms with Gasteiger partial charge >= 0.3 is 6.03 Å². The molecule has 3 heterocycles. The van der Waals surface area contributed by atoms with Crippen LogP contribution in [0.4, 0.5) is 4.79 Å². The van der Waals surface area contributed by atoms with Gasteiger partial charge in [-0.05, 0) is 48.7 Å². The van der Waals surface area contributed by atoms with Gasteiger partial charge in [-0.3, -0.25) is 14.7 Å². The zero-order valence-corrected chi connectivity index (χ0v) is 17.8. The highest BCUT2D eigenvalue weighted by molar-refractivity contribution is 6.30. The van der Waals surface area contributed by atoms with E-state index in [1.807, 2.05) is 22.1 Å². The quantitative estimate of drug-likeness (QED) is 0.701. The molecule has 2 fully saturated rings. The lowest BCUT2D eigenvalue weighted by atomic mass is 9.89. The van der Waals surface area contributed by atoms with Crippen LogP contribution in [0, 0.1) is 5.92 Å². The lowest BCUT2D eigenvalue weighted by Crippen LogP contribution is -2.54. The summed E-state index contributed by atoms with van der Waals surface area (Å²) in [5.74, 6) is 0.134. The van der Waals surface area contributed by atoms with Crippen LogP contribution in [0.1, 0.15) is 28.8 Å². The van der Waals surface area contributed by atoms with E-state index < -0.39 is 0 Å². The zero-order valence-electron chi connectivity index (χ0n) is 17.0. The van der Waals surface area contributed by atoms with E-state index in [4.69, 9.17) is 11.6 Å². The third-order valence-electron chi connectivity index (χ3n) is 6.04. The number of amides is 2. The molecule has 2 aromatic rings. The number of Topliss-reactive ketones (excluding diaryl/α,β-unsaturated/α-hetero) is 1. The molecular weight excluding hydrogens is 400 g/mol. The molecule has 0 aliphatic carbocycles. The van der Waals surface area contributed by atoms with Crippen molar-refractivity contribution in [2.75, 3.05) is 39.3 Å². The second kappa shape index (κ2) is 9.58. The average Bonchev–Trinajstić information content (AvgIpc) is 2.80. The second-order valence-electron chi connectivity index (χ2n) is 8.04. The topological polar surface area (TPSA) is 56.8 Å². The third kappa shape index (κ3) is 4.99. The Kier molecular flexibility index (Phi) is 6.65. The lowest BCUT2D eigenvalue weighted by Gasteiger charge is -2.39. The van der Waals surface area contributed by atoms with E-state index >= 15 is 0 Å². The number of carbonyl (C=O) groups excluding carboxylic acids is 2. The number of ketones is 1. The summed E-state index contributed by atoms with van der Waals surface area (Å²) in [6.07, 6.45) is 5.11. The summed E-state index contributed by atoms with van der Waals surface area (Å²) >= 11 is 5.91. The van der Waals surface area contributed by atoms with Crippen molar-refractivity contribution in [1.82, 2.24) is 19.7 Å². The Hall–Kier alpha value is -2.44. The predicted octanol–water partition coefficient (Wildman–Crippen LogP) is 3.57. The van der Waals surface area contributed by atoms with Crippen LogP contribution in [0.2, 0.25) is 5.02 Å². The van der Waals surface area contributed by atoms with Crippen LogP contribution in [0.3, 0.4) is 0 Å². The van der Waals surface area contributed by atoms with Crippen LogP contribution >= 0.6 is 11.6 Å². The first-order valence-corrected chi connectivity index (χ1v) is 10.9. The van der Waals surface area contributed by atoms with Crippen molar-refractivity contribution in [2.45, 2.75) is 19.4 Å². The Morgan fingerprint density at radius 2 is 1.60 bits per heavy atom. The molecule has 158 valence electrons. The molecule has 2 amide bonds. The fraction of sp³-hybridized carbons (Fsp3) is 0.435. The maximum atomic E-state index is 12.9. The molecule has 0 unspecified atom stereocenters. The maximum absolute atomic E-state index is 12.9. The molecule has 2 aliphatic heterocycles. The molecule has 0 saturated carbocycles. The lowest BCUT2D eigenvalue weighted by molar-refractivity contribution is 0.0794. The van der Waals surface area contributed by atoms with Gasteiger partial charge in [0.05, 0.1) is 0 Å². The van der Waals surface area contributed by atoms with Gasteiger partial charge in [0.15, 0.2) is 5.78 Å². The van der Waals surface area contributed by atoms with Gasteiger partial charge in [0.25, 0.3) is 0 Å². The number of benzene rings is 1. The Morgan fingerprint density at radius 3 is 2.23 bits per heavy atom. The molecule has 1 aromatic heterocycles. The minimum absolute atomic E-state index is 0.0217. The van der Waals surface area contributed by atoms with Crippen molar-refractivity contribution < 1.29 is 9.59 Å². The highest BCUT2D eigenvalue weighted by Gasteiger charge is 2.31. The first kappa shape index (κ1) is 20.8. The fourth-order valence-corrected chi connectivity index (χ4v) is 4.36. The van der Waals surface area contributed by atoms with Crippen molar-refractivity contribution in [3.8, 4) is 0 Å². The fourth-order valence-electron chi connectivity index (χ4n) is 4.23. The van der Waals surface area contributed by atoms with Gasteiger partial charge in [-0.15, -0.1) is 0 Å². The summed E-state index contributed by atoms with van der Waals surface area (Å²) in [5.41, 5.74) is 1.90. The molecule has 7 heteroatoms. The van der Waals surface area contributed by atoms with Crippen molar-refractivity contribution in [1.29, 1.82) is 0 Å². The van der Waals surface area contributed by atoms with Crippen LogP contribution in [-0.4, -0.2) is 70.8 Å². The van der Waals surface area contributed by atoms with Crippen molar-refractivity contribution in [2.24, 2.45) is 5.92 Å². The molecule has 2 aliphatic rings. The molecule has 30 heavy (non-hydrogen) atoms. The molecule has 0 N–H and O–H groups in total. The standard InChI is InChI=1S/C23H27ClN4O2/c24-21-5-3-19(4-6-21)22(29)20-7-10-27(11-8-20)23(30)28-14-12-26(13-15-28)17-18-2-1-9-25-16-18/h1-6,9,16,20H,7-8,10-15,17H2. The third-order valence-corrected chi connectivity index (χ3v) is 6.29. The van der Waals surface area contributed by atoms with E-state index in [1.54, 1.807) is 30.5 Å². The number of likely N-dealkylation sites (tertiary alicyclic amines) is 1. The molecular formula is C23H27ClN4O2. The van der Waals surface area contributed by atoms with Crippen molar-refractivity contribution >= 4 is 23.4 Å². The van der Waals surface area contributed by atoms with Gasteiger partial charge in [-0.1, -0.05) is 17.7 Å². The number of hydrogen-bond donors (Lipinski definition) is 0. The van der Waals surface area contributed by atoms with Gasteiger partial charge in [0.2, 0.25) is 0 Å². The number of halogens is 1. The summed E-state index contributed by atoms with van der Waals surface area (Å²) in [6, 6.07) is 11.2. The normalized spacial score (nSPS) is 18.4. The van der Waals surface area contributed by atoms with E-state index in [0.717, 1.165) is 32.7 Å². The number of piperidine rings is 1. The average molecular weight is 427 g/mol. The van der Waals surface area contributed by atoms with Crippen LogP contribution in [0.15, 0.2) is 48.8 Å². The van der Waals surface area contributed by atoms with Gasteiger partial charge in [0.1, 0.15) is 0 Å². The second-order valence-corrected chi connectivity index (χ2v) is 8.48. The number of carbonyl (C=O) groups is 2. The number of piperazine rings is 1. The molecule has 2 saturated heterocycles. The van der Waals surface area contributed by atoms with E-state index in [2.05, 4.69) is 16.0 Å². The number of pyridine rings is 1. The molecule has 6 nitrogen and oxygen atoms in total. The van der Waals surface area contributed by atoms with Gasteiger partial charge in [-0.25, -0.2) is 4.79 Å². The Balaban J connectivity index is 1.24. The largest absolute Gasteiger partial charge is 0.325 e. The van der Waals surface area contributed by atoms with Gasteiger partial charge in [0, 0.05) is 74.7 Å². The molecule has 1 aromatic carbocycles. The summed E-state index contributed by atoms with van der Waals surface area (Å²) < 4.78 is 0. The Labute approximate surface area is 182 Å². The smallest absolute Gasteiger partial charge is 0.320 e. The SMILES string of the molecule is O=C(c1ccc(Cl)cc1)C1CCN(C(=O)N2CCN(Cc3cccnc3)CC2)CC1. The number of urea groups is 1. The van der Waals surface area contributed by atoms with Crippen molar-refractivity contribution in [3.05, 3.63) is 64.9 Å².